The highest BCUT2D eigenvalue weighted by Gasteiger charge is 2.49. The second-order valence-corrected chi connectivity index (χ2v) is 8.90. The molecule has 15 nitrogen and oxygen atoms in total. The summed E-state index contributed by atoms with van der Waals surface area (Å²) in [7, 11) is 1.62. The number of carbonyl (C=O) groups excluding carboxylic acids is 2. The molecule has 0 amide bonds. The molecule has 3 rings (SSSR count). The highest BCUT2D eigenvalue weighted by Crippen LogP contribution is 2.27. The van der Waals surface area contributed by atoms with Crippen molar-refractivity contribution >= 4 is 17.6 Å². The van der Waals surface area contributed by atoms with Crippen molar-refractivity contribution in [2.75, 3.05) is 32.6 Å². The van der Waals surface area contributed by atoms with Gasteiger partial charge in [-0.15, -0.1) is 0 Å². The average Bonchev–Trinajstić information content (AvgIpc) is 2.86. The molecule has 1 aromatic rings. The molecule has 4 unspecified atom stereocenters. The maximum atomic E-state index is 12.6. The highest BCUT2D eigenvalue weighted by atomic mass is 16.6. The summed E-state index contributed by atoms with van der Waals surface area (Å²) < 4.78 is 20.9. The van der Waals surface area contributed by atoms with E-state index in [-0.39, 0.29) is 12.3 Å². The predicted octanol–water partition coefficient (Wildman–Crippen LogP) is -5.23. The van der Waals surface area contributed by atoms with Gasteiger partial charge >= 0.3 is 11.9 Å². The van der Waals surface area contributed by atoms with Crippen LogP contribution in [0.5, 0.6) is 5.75 Å². The molecule has 2 saturated heterocycles. The van der Waals surface area contributed by atoms with Gasteiger partial charge in [-0.25, -0.2) is 9.59 Å². The van der Waals surface area contributed by atoms with E-state index < -0.39 is 97.4 Å². The number of carbonyl (C=O) groups is 2. The summed E-state index contributed by atoms with van der Waals surface area (Å²) in [5.41, 5.74) is 5.26. The highest BCUT2D eigenvalue weighted by molar-refractivity contribution is 6.00. The zero-order chi connectivity index (χ0) is 27.4. The van der Waals surface area contributed by atoms with Gasteiger partial charge in [0.1, 0.15) is 41.8 Å². The third-order valence-electron chi connectivity index (χ3n) is 6.49. The Bertz CT molecular complexity index is 949. The number of benzene rings is 1. The van der Waals surface area contributed by atoms with Crippen LogP contribution in [0.1, 0.15) is 10.4 Å². The Hall–Kier alpha value is -2.44. The number of esters is 2. The summed E-state index contributed by atoms with van der Waals surface area (Å²) in [6.45, 7) is -1.18. The fourth-order valence-electron chi connectivity index (χ4n) is 4.32. The van der Waals surface area contributed by atoms with Gasteiger partial charge in [-0.1, -0.05) is 0 Å². The standard InChI is InChI=1S/C22H32N2O13/c1-24-14-15(27)10(12(5-25)36-21(14)32)6-34-7-13-16(28)17(29)18(30)19(35-13)22(33)37-20(31)9-4-8(23)2-3-11(9)26/h2-4,10,12-19,21,24-30,32H,5-7,23H2,1H3/p+1/t10-,12?,13+,14?,15-,16?,17+,18+,19?,21-/m1/s1. The van der Waals surface area contributed by atoms with Crippen LogP contribution in [0, 0.1) is 5.92 Å². The number of phenols is 1. The first kappa shape index (κ1) is 29.1. The number of hydrogen-bond donors (Lipinski definition) is 9. The Kier molecular flexibility index (Phi) is 9.76. The molecule has 10 atom stereocenters. The predicted molar refractivity (Wildman–Crippen MR) is 120 cm³/mol. The molecule has 0 aliphatic carbocycles. The smallest absolute Gasteiger partial charge is 0.349 e. The second kappa shape index (κ2) is 12.4. The summed E-state index contributed by atoms with van der Waals surface area (Å²) in [4.78, 5) is 24.9. The van der Waals surface area contributed by atoms with Crippen molar-refractivity contribution in [2.45, 2.75) is 55.1 Å². The van der Waals surface area contributed by atoms with Gasteiger partial charge in [0.15, 0.2) is 12.1 Å². The van der Waals surface area contributed by atoms with Crippen molar-refractivity contribution in [3.63, 3.8) is 0 Å². The first-order chi connectivity index (χ1) is 17.5. The molecule has 0 spiro atoms. The van der Waals surface area contributed by atoms with E-state index in [0.29, 0.717) is 0 Å². The maximum absolute atomic E-state index is 12.6. The van der Waals surface area contributed by atoms with Crippen molar-refractivity contribution < 1.29 is 69.6 Å². The molecule has 208 valence electrons. The number of anilines is 1. The fraction of sp³-hybridized carbons (Fsp3) is 0.636. The molecule has 2 aliphatic heterocycles. The molecule has 1 aromatic carbocycles. The van der Waals surface area contributed by atoms with Gasteiger partial charge in [-0.05, 0) is 18.2 Å². The van der Waals surface area contributed by atoms with Crippen LogP contribution in [0.25, 0.3) is 0 Å². The topological polar surface area (TPSA) is 255 Å². The van der Waals surface area contributed by atoms with Crippen molar-refractivity contribution in [1.82, 2.24) is 0 Å². The van der Waals surface area contributed by atoms with Crippen LogP contribution in [-0.2, 0) is 23.7 Å². The maximum Gasteiger partial charge on any atom is 0.349 e. The molecule has 15 heteroatoms. The minimum Gasteiger partial charge on any atom is -0.507 e. The van der Waals surface area contributed by atoms with Crippen LogP contribution in [0.4, 0.5) is 5.69 Å². The summed E-state index contributed by atoms with van der Waals surface area (Å²) in [5.74, 6) is -3.98. The molecule has 37 heavy (non-hydrogen) atoms. The number of aromatic hydroxyl groups is 1. The molecule has 0 aromatic heterocycles. The van der Waals surface area contributed by atoms with Gasteiger partial charge in [-0.2, -0.15) is 0 Å². The van der Waals surface area contributed by atoms with E-state index in [1.807, 2.05) is 0 Å². The molecular weight excluding hydrogens is 500 g/mol. The molecule has 0 radical (unpaired) electrons. The second-order valence-electron chi connectivity index (χ2n) is 8.90. The Morgan fingerprint density at radius 2 is 1.70 bits per heavy atom. The fourth-order valence-corrected chi connectivity index (χ4v) is 4.32. The number of quaternary nitrogens is 1. The molecule has 11 N–H and O–H groups in total. The molecule has 0 bridgehead atoms. The SMILES string of the molecule is C[NH2+]C1[C@H](O)OC(CO)[C@@H](COC[C@@H]2OC(C(=O)OC(=O)c3cc(N)ccc3O)[C@@H](O)[C@@H](O)C2O)[C@H]1O. The Morgan fingerprint density at radius 1 is 1.00 bits per heavy atom. The molecular formula is C22H33N2O13+. The lowest BCUT2D eigenvalue weighted by molar-refractivity contribution is -0.694. The van der Waals surface area contributed by atoms with Gasteiger partial charge < -0.3 is 65.7 Å². The van der Waals surface area contributed by atoms with E-state index in [2.05, 4.69) is 4.74 Å². The quantitative estimate of drug-likeness (QED) is 0.0655. The lowest BCUT2D eigenvalue weighted by Gasteiger charge is -2.41. The average molecular weight is 534 g/mol. The van der Waals surface area contributed by atoms with Gasteiger partial charge in [-0.3, -0.25) is 0 Å². The van der Waals surface area contributed by atoms with Gasteiger partial charge in [0, 0.05) is 11.6 Å². The zero-order valence-corrected chi connectivity index (χ0v) is 19.9. The first-order valence-electron chi connectivity index (χ1n) is 11.5. The molecule has 0 saturated carbocycles. The van der Waals surface area contributed by atoms with E-state index in [9.17, 15) is 45.3 Å². The minimum absolute atomic E-state index is 0.108. The number of ether oxygens (including phenoxy) is 4. The summed E-state index contributed by atoms with van der Waals surface area (Å²) >= 11 is 0. The molecule has 2 fully saturated rings. The van der Waals surface area contributed by atoms with Crippen molar-refractivity contribution in [2.24, 2.45) is 5.92 Å². The van der Waals surface area contributed by atoms with E-state index in [0.717, 1.165) is 12.1 Å². The van der Waals surface area contributed by atoms with Crippen LogP contribution >= 0.6 is 0 Å². The number of aliphatic hydroxyl groups excluding tert-OH is 6. The Morgan fingerprint density at radius 3 is 2.35 bits per heavy atom. The number of aliphatic hydroxyl groups is 6. The van der Waals surface area contributed by atoms with Crippen molar-refractivity contribution in [3.8, 4) is 5.75 Å². The van der Waals surface area contributed by atoms with Crippen molar-refractivity contribution in [3.05, 3.63) is 23.8 Å². The lowest BCUT2D eigenvalue weighted by Crippen LogP contribution is -2.93. The number of rotatable bonds is 8. The third-order valence-corrected chi connectivity index (χ3v) is 6.49. The first-order valence-corrected chi connectivity index (χ1v) is 11.5. The summed E-state index contributed by atoms with van der Waals surface area (Å²) in [5, 5.41) is 72.2. The van der Waals surface area contributed by atoms with Crippen LogP contribution in [0.15, 0.2) is 18.2 Å². The number of nitrogen functional groups attached to an aromatic ring is 1. The van der Waals surface area contributed by atoms with Gasteiger partial charge in [0.25, 0.3) is 0 Å². The van der Waals surface area contributed by atoms with Gasteiger partial charge in [0.05, 0.1) is 33.0 Å². The summed E-state index contributed by atoms with van der Waals surface area (Å²) in [6, 6.07) is 2.75. The third kappa shape index (κ3) is 6.35. The van der Waals surface area contributed by atoms with E-state index >= 15 is 0 Å². The van der Waals surface area contributed by atoms with E-state index in [1.54, 1.807) is 12.4 Å². The Labute approximate surface area is 210 Å². The van der Waals surface area contributed by atoms with Crippen LogP contribution in [0.3, 0.4) is 0 Å². The van der Waals surface area contributed by atoms with E-state index in [1.165, 1.54) is 6.07 Å². The normalized spacial score (nSPS) is 36.2. The summed E-state index contributed by atoms with van der Waals surface area (Å²) in [6.07, 6.45) is -12.2. The number of nitrogens with two attached hydrogens (primary N) is 2. The lowest BCUT2D eigenvalue weighted by atomic mass is 9.88. The number of likely N-dealkylation sites (N-methyl/N-ethyl adjacent to an activating group) is 1. The van der Waals surface area contributed by atoms with E-state index in [4.69, 9.17) is 19.9 Å². The largest absolute Gasteiger partial charge is 0.507 e. The monoisotopic (exact) mass is 533 g/mol. The zero-order valence-electron chi connectivity index (χ0n) is 19.9. The minimum atomic E-state index is -1.96. The molecule has 2 aliphatic rings. The number of hydrogen-bond acceptors (Lipinski definition) is 14. The number of phenolic OH excluding ortho intramolecular Hbond substituents is 1. The molecule has 2 heterocycles. The van der Waals surface area contributed by atoms with Crippen LogP contribution in [0.2, 0.25) is 0 Å². The van der Waals surface area contributed by atoms with Crippen LogP contribution < -0.4 is 11.1 Å². The van der Waals surface area contributed by atoms with Crippen LogP contribution in [-0.4, -0.2) is 130 Å². The Balaban J connectivity index is 1.63. The van der Waals surface area contributed by atoms with Gasteiger partial charge in [0.2, 0.25) is 6.29 Å². The van der Waals surface area contributed by atoms with Crippen molar-refractivity contribution in [1.29, 1.82) is 0 Å².